The van der Waals surface area contributed by atoms with E-state index in [1.165, 1.54) is 0 Å². The predicted molar refractivity (Wildman–Crippen MR) is 125 cm³/mol. The van der Waals surface area contributed by atoms with E-state index in [0.717, 1.165) is 31.2 Å². The number of nitrogens with one attached hydrogen (secondary N) is 3. The zero-order valence-corrected chi connectivity index (χ0v) is 18.6. The number of para-hydroxylation sites is 1. The van der Waals surface area contributed by atoms with Crippen molar-refractivity contribution in [1.29, 1.82) is 0 Å². The summed E-state index contributed by atoms with van der Waals surface area (Å²) in [5.41, 5.74) is 10.8. The van der Waals surface area contributed by atoms with Gasteiger partial charge in [0.15, 0.2) is 0 Å². The largest absolute Gasteiger partial charge is 0.342 e. The molecule has 1 aliphatic heterocycles. The Hall–Kier alpha value is -2.86. The van der Waals surface area contributed by atoms with Crippen molar-refractivity contribution in [3.05, 3.63) is 53.1 Å². The fourth-order valence-electron chi connectivity index (χ4n) is 4.28. The van der Waals surface area contributed by atoms with E-state index < -0.39 is 6.04 Å². The first-order chi connectivity index (χ1) is 15.5. The Morgan fingerprint density at radius 1 is 1.25 bits per heavy atom. The van der Waals surface area contributed by atoms with E-state index in [9.17, 15) is 9.59 Å². The van der Waals surface area contributed by atoms with Gasteiger partial charge in [-0.25, -0.2) is 4.98 Å². The van der Waals surface area contributed by atoms with Gasteiger partial charge >= 0.3 is 0 Å². The second kappa shape index (κ2) is 10.2. The molecule has 1 saturated carbocycles. The predicted octanol–water partition coefficient (Wildman–Crippen LogP) is 4.10. The molecule has 2 bridgehead atoms. The molecule has 2 aromatic rings. The van der Waals surface area contributed by atoms with Crippen molar-refractivity contribution >= 4 is 29.1 Å². The van der Waals surface area contributed by atoms with Crippen LogP contribution in [0.4, 0.5) is 5.69 Å². The first-order valence-corrected chi connectivity index (χ1v) is 11.5. The Balaban J connectivity index is 1.63. The summed E-state index contributed by atoms with van der Waals surface area (Å²) >= 11 is 6.50. The molecule has 8 heteroatoms. The van der Waals surface area contributed by atoms with Crippen molar-refractivity contribution in [2.75, 3.05) is 11.9 Å². The molecule has 2 heterocycles. The quantitative estimate of drug-likeness (QED) is 0.524. The lowest BCUT2D eigenvalue weighted by Gasteiger charge is -2.27. The molecule has 32 heavy (non-hydrogen) atoms. The average Bonchev–Trinajstić information content (AvgIpc) is 3.19. The molecule has 5 N–H and O–H groups in total. The fourth-order valence-corrected chi connectivity index (χ4v) is 4.52. The number of rotatable bonds is 3. The molecule has 0 unspecified atom stereocenters. The number of H-pyrrole nitrogens is 1. The highest BCUT2D eigenvalue weighted by molar-refractivity contribution is 6.32. The molecule has 1 atom stereocenters. The number of fused-ring (bicyclic) bond motifs is 4. The first-order valence-electron chi connectivity index (χ1n) is 11.1. The minimum atomic E-state index is -0.506. The Kier molecular flexibility index (Phi) is 7.10. The molecule has 2 amide bonds. The zero-order valence-electron chi connectivity index (χ0n) is 17.9. The third-order valence-electron chi connectivity index (χ3n) is 6.17. The second-order valence-electron chi connectivity index (χ2n) is 8.39. The highest BCUT2D eigenvalue weighted by atomic mass is 35.5. The van der Waals surface area contributed by atoms with Crippen molar-refractivity contribution in [2.45, 2.75) is 44.6 Å². The van der Waals surface area contributed by atoms with E-state index in [1.54, 1.807) is 12.2 Å². The number of aromatic amines is 1. The number of nitrogens with two attached hydrogens (primary N) is 1. The van der Waals surface area contributed by atoms with Crippen LogP contribution in [0.5, 0.6) is 0 Å². The van der Waals surface area contributed by atoms with Crippen LogP contribution in [0.2, 0.25) is 5.15 Å². The van der Waals surface area contributed by atoms with Crippen LogP contribution < -0.4 is 16.4 Å². The lowest BCUT2D eigenvalue weighted by atomic mass is 9.81. The van der Waals surface area contributed by atoms with Crippen molar-refractivity contribution in [3.63, 3.8) is 0 Å². The second-order valence-corrected chi connectivity index (χ2v) is 8.77. The van der Waals surface area contributed by atoms with Gasteiger partial charge in [-0.3, -0.25) is 9.59 Å². The van der Waals surface area contributed by atoms with Gasteiger partial charge in [0.25, 0.3) is 0 Å². The number of anilines is 1. The summed E-state index contributed by atoms with van der Waals surface area (Å²) in [6, 6.07) is 6.89. The minimum Gasteiger partial charge on any atom is -0.342 e. The molecule has 1 aromatic heterocycles. The molecule has 168 valence electrons. The molecule has 4 rings (SSSR count). The van der Waals surface area contributed by atoms with Crippen LogP contribution >= 0.6 is 11.6 Å². The summed E-state index contributed by atoms with van der Waals surface area (Å²) in [4.78, 5) is 33.1. The summed E-state index contributed by atoms with van der Waals surface area (Å²) in [5.74, 6) is 0.899. The third-order valence-corrected chi connectivity index (χ3v) is 6.45. The number of halogens is 1. The van der Waals surface area contributed by atoms with Crippen LogP contribution in [-0.4, -0.2) is 28.3 Å². The summed E-state index contributed by atoms with van der Waals surface area (Å²) in [6.45, 7) is 0.678. The van der Waals surface area contributed by atoms with Crippen LogP contribution in [-0.2, 0) is 9.59 Å². The number of aromatic nitrogens is 2. The summed E-state index contributed by atoms with van der Waals surface area (Å²) in [7, 11) is 0. The molecule has 1 aromatic carbocycles. The van der Waals surface area contributed by atoms with Crippen LogP contribution in [0.15, 0.2) is 42.1 Å². The Morgan fingerprint density at radius 2 is 2.03 bits per heavy atom. The van der Waals surface area contributed by atoms with Crippen LogP contribution in [0, 0.1) is 11.8 Å². The molecule has 1 fully saturated rings. The van der Waals surface area contributed by atoms with Crippen LogP contribution in [0.3, 0.4) is 0 Å². The van der Waals surface area contributed by atoms with Gasteiger partial charge in [-0.2, -0.15) is 0 Å². The monoisotopic (exact) mass is 453 g/mol. The molecule has 1 aliphatic carbocycles. The molecule has 0 saturated heterocycles. The number of hydrogen-bond donors (Lipinski definition) is 4. The van der Waals surface area contributed by atoms with Gasteiger partial charge in [0, 0.05) is 17.9 Å². The van der Waals surface area contributed by atoms with Crippen molar-refractivity contribution in [1.82, 2.24) is 15.3 Å². The third kappa shape index (κ3) is 5.13. The van der Waals surface area contributed by atoms with Gasteiger partial charge in [-0.1, -0.05) is 29.8 Å². The number of carbonyl (C=O) groups is 2. The maximum atomic E-state index is 13.0. The fraction of sp³-hybridized carbons (Fsp3) is 0.417. The Labute approximate surface area is 192 Å². The molecule has 7 nitrogen and oxygen atoms in total. The SMILES string of the molecule is NCC1CCC(C(=O)N[C@H]2C=C=CCCC(=O)Nc3ccccc3-c3nc2[nH]c3Cl)CC1. The molecular formula is C24H28ClN5O2. The topological polar surface area (TPSA) is 113 Å². The summed E-state index contributed by atoms with van der Waals surface area (Å²) < 4.78 is 0. The van der Waals surface area contributed by atoms with Crippen molar-refractivity contribution in [3.8, 4) is 11.3 Å². The van der Waals surface area contributed by atoms with Gasteiger partial charge in [0.1, 0.15) is 22.7 Å². The van der Waals surface area contributed by atoms with Crippen LogP contribution in [0.1, 0.15) is 50.4 Å². The number of hydrogen-bond acceptors (Lipinski definition) is 4. The smallest absolute Gasteiger partial charge is 0.224 e. The lowest BCUT2D eigenvalue weighted by Crippen LogP contribution is -2.36. The average molecular weight is 454 g/mol. The highest BCUT2D eigenvalue weighted by Crippen LogP contribution is 2.34. The number of amides is 2. The minimum absolute atomic E-state index is 0.000783. The number of nitrogens with zero attached hydrogens (tertiary/aromatic N) is 1. The van der Waals surface area contributed by atoms with Gasteiger partial charge in [-0.05, 0) is 62.8 Å². The van der Waals surface area contributed by atoms with E-state index in [4.69, 9.17) is 17.3 Å². The lowest BCUT2D eigenvalue weighted by molar-refractivity contribution is -0.126. The van der Waals surface area contributed by atoms with E-state index in [-0.39, 0.29) is 17.7 Å². The maximum absolute atomic E-state index is 13.0. The van der Waals surface area contributed by atoms with Crippen molar-refractivity contribution in [2.24, 2.45) is 17.6 Å². The highest BCUT2D eigenvalue weighted by Gasteiger charge is 2.28. The number of carbonyl (C=O) groups excluding carboxylic acids is 2. The number of imidazole rings is 1. The Morgan fingerprint density at radius 3 is 2.81 bits per heavy atom. The zero-order chi connectivity index (χ0) is 22.5. The first kappa shape index (κ1) is 22.3. The molecule has 2 aliphatic rings. The van der Waals surface area contributed by atoms with Gasteiger partial charge in [0.05, 0.1) is 5.69 Å². The van der Waals surface area contributed by atoms with Crippen LogP contribution in [0.25, 0.3) is 11.3 Å². The maximum Gasteiger partial charge on any atom is 0.224 e. The molecular weight excluding hydrogens is 426 g/mol. The number of benzene rings is 1. The summed E-state index contributed by atoms with van der Waals surface area (Å²) in [6.07, 6.45) is 8.04. The van der Waals surface area contributed by atoms with E-state index in [0.29, 0.717) is 47.7 Å². The summed E-state index contributed by atoms with van der Waals surface area (Å²) in [5, 5.41) is 6.38. The normalized spacial score (nSPS) is 23.3. The standard InChI is InChI=1S/C24H28ClN5O2/c25-22-21-17-6-4-5-7-18(17)27-20(31)9-3-1-2-8-19(23(29-21)30-22)28-24(32)16-12-10-15(14-26)11-13-16/h1,4-8,15-16,19H,3,9-14,26H2,(H,27,31)(H,28,32)(H,29,30)/t2?,15?,16?,19-/m0/s1. The van der Waals surface area contributed by atoms with Gasteiger partial charge < -0.3 is 21.4 Å². The molecule has 0 radical (unpaired) electrons. The van der Waals surface area contributed by atoms with Gasteiger partial charge in [0.2, 0.25) is 11.8 Å². The Bertz CT molecular complexity index is 1050. The van der Waals surface area contributed by atoms with E-state index in [2.05, 4.69) is 26.3 Å². The van der Waals surface area contributed by atoms with E-state index in [1.807, 2.05) is 24.3 Å². The van der Waals surface area contributed by atoms with Crippen molar-refractivity contribution < 1.29 is 9.59 Å². The van der Waals surface area contributed by atoms with Gasteiger partial charge in [-0.15, -0.1) is 5.73 Å². The molecule has 0 spiro atoms. The van der Waals surface area contributed by atoms with E-state index >= 15 is 0 Å².